The molecule has 2 heterocycles. The molecule has 1 aromatic carbocycles. The Labute approximate surface area is 129 Å². The maximum atomic E-state index is 13.2. The number of halogens is 1. The SMILES string of the molecule is O=C(Cc1cccs1)NCc1cc(=O)oc2cc(F)ccc12. The van der Waals surface area contributed by atoms with Crippen LogP contribution in [0.4, 0.5) is 4.39 Å². The van der Waals surface area contributed by atoms with Gasteiger partial charge in [0.15, 0.2) is 0 Å². The Bertz CT molecular complexity index is 871. The third-order valence-corrected chi connectivity index (χ3v) is 4.06. The molecule has 6 heteroatoms. The quantitative estimate of drug-likeness (QED) is 0.753. The molecule has 0 fully saturated rings. The van der Waals surface area contributed by atoms with E-state index in [2.05, 4.69) is 5.32 Å². The summed E-state index contributed by atoms with van der Waals surface area (Å²) in [6.45, 7) is 0.192. The van der Waals surface area contributed by atoms with E-state index in [-0.39, 0.29) is 18.0 Å². The van der Waals surface area contributed by atoms with Gasteiger partial charge in [0.1, 0.15) is 11.4 Å². The fourth-order valence-electron chi connectivity index (χ4n) is 2.18. The van der Waals surface area contributed by atoms with E-state index in [4.69, 9.17) is 4.42 Å². The second-order valence-corrected chi connectivity index (χ2v) is 5.80. The molecule has 3 rings (SSSR count). The zero-order chi connectivity index (χ0) is 15.5. The van der Waals surface area contributed by atoms with Gasteiger partial charge in [-0.15, -0.1) is 11.3 Å². The van der Waals surface area contributed by atoms with Gasteiger partial charge in [0.2, 0.25) is 5.91 Å². The fraction of sp³-hybridized carbons (Fsp3) is 0.125. The Balaban J connectivity index is 1.79. The van der Waals surface area contributed by atoms with Crippen molar-refractivity contribution in [1.29, 1.82) is 0 Å². The van der Waals surface area contributed by atoms with Gasteiger partial charge in [-0.1, -0.05) is 6.07 Å². The van der Waals surface area contributed by atoms with Crippen LogP contribution >= 0.6 is 11.3 Å². The number of benzene rings is 1. The average Bonchev–Trinajstić information content (AvgIpc) is 2.97. The summed E-state index contributed by atoms with van der Waals surface area (Å²) in [5.41, 5.74) is 0.210. The van der Waals surface area contributed by atoms with E-state index in [9.17, 15) is 14.0 Å². The van der Waals surface area contributed by atoms with E-state index in [1.54, 1.807) is 0 Å². The second kappa shape index (κ2) is 6.11. The zero-order valence-corrected chi connectivity index (χ0v) is 12.3. The summed E-state index contributed by atoms with van der Waals surface area (Å²) in [5.74, 6) is -0.611. The Hall–Kier alpha value is -2.47. The molecule has 3 aromatic rings. The molecule has 0 aliphatic heterocycles. The first-order valence-electron chi connectivity index (χ1n) is 6.63. The summed E-state index contributed by atoms with van der Waals surface area (Å²) in [4.78, 5) is 24.4. The van der Waals surface area contributed by atoms with Crippen molar-refractivity contribution >= 4 is 28.2 Å². The van der Waals surface area contributed by atoms with Gasteiger partial charge in [-0.05, 0) is 29.1 Å². The molecular weight excluding hydrogens is 305 g/mol. The molecule has 0 unspecified atom stereocenters. The van der Waals surface area contributed by atoms with Crippen LogP contribution in [0.5, 0.6) is 0 Å². The van der Waals surface area contributed by atoms with E-state index in [1.165, 1.54) is 29.5 Å². The van der Waals surface area contributed by atoms with Gasteiger partial charge in [-0.25, -0.2) is 9.18 Å². The second-order valence-electron chi connectivity index (χ2n) is 4.76. The van der Waals surface area contributed by atoms with Crippen molar-refractivity contribution in [3.8, 4) is 0 Å². The lowest BCUT2D eigenvalue weighted by Gasteiger charge is -2.07. The largest absolute Gasteiger partial charge is 0.423 e. The number of amides is 1. The van der Waals surface area contributed by atoms with E-state index < -0.39 is 11.4 Å². The van der Waals surface area contributed by atoms with Crippen molar-refractivity contribution in [3.05, 3.63) is 68.5 Å². The smallest absolute Gasteiger partial charge is 0.336 e. The van der Waals surface area contributed by atoms with Crippen molar-refractivity contribution in [2.45, 2.75) is 13.0 Å². The average molecular weight is 317 g/mol. The molecule has 0 saturated heterocycles. The van der Waals surface area contributed by atoms with Gasteiger partial charge >= 0.3 is 5.63 Å². The van der Waals surface area contributed by atoms with Gasteiger partial charge < -0.3 is 9.73 Å². The molecule has 0 bridgehead atoms. The molecule has 1 amide bonds. The first kappa shape index (κ1) is 14.5. The summed E-state index contributed by atoms with van der Waals surface area (Å²) in [6, 6.07) is 9.07. The predicted octanol–water partition coefficient (Wildman–Crippen LogP) is 2.85. The molecule has 2 aromatic heterocycles. The van der Waals surface area contributed by atoms with Crippen molar-refractivity contribution in [2.75, 3.05) is 0 Å². The Kier molecular flexibility index (Phi) is 4.02. The molecule has 0 saturated carbocycles. The Morgan fingerprint density at radius 1 is 1.27 bits per heavy atom. The molecule has 1 N–H and O–H groups in total. The van der Waals surface area contributed by atoms with Crippen LogP contribution in [0.25, 0.3) is 11.0 Å². The van der Waals surface area contributed by atoms with E-state index in [0.717, 1.165) is 10.9 Å². The number of carbonyl (C=O) groups excluding carboxylic acids is 1. The molecule has 0 aliphatic rings. The normalized spacial score (nSPS) is 10.8. The maximum absolute atomic E-state index is 13.2. The Morgan fingerprint density at radius 3 is 2.91 bits per heavy atom. The van der Waals surface area contributed by atoms with E-state index in [1.807, 2.05) is 17.5 Å². The minimum atomic E-state index is -0.569. The van der Waals surface area contributed by atoms with Gasteiger partial charge in [-0.3, -0.25) is 4.79 Å². The van der Waals surface area contributed by atoms with Gasteiger partial charge in [0.05, 0.1) is 6.42 Å². The Morgan fingerprint density at radius 2 is 2.14 bits per heavy atom. The van der Waals surface area contributed by atoms with Crippen molar-refractivity contribution < 1.29 is 13.6 Å². The molecule has 0 radical (unpaired) electrons. The molecule has 0 atom stereocenters. The number of rotatable bonds is 4. The third-order valence-electron chi connectivity index (χ3n) is 3.18. The molecular formula is C16H12FNO3S. The summed E-state index contributed by atoms with van der Waals surface area (Å²) in [7, 11) is 0. The highest BCUT2D eigenvalue weighted by Gasteiger charge is 2.09. The summed E-state index contributed by atoms with van der Waals surface area (Å²) in [6.07, 6.45) is 0.297. The van der Waals surface area contributed by atoms with Crippen LogP contribution in [0.15, 0.2) is 51.0 Å². The highest BCUT2D eigenvalue weighted by Crippen LogP contribution is 2.18. The van der Waals surface area contributed by atoms with Gasteiger partial charge in [0.25, 0.3) is 0 Å². The molecule has 112 valence electrons. The zero-order valence-electron chi connectivity index (χ0n) is 11.5. The summed E-state index contributed by atoms with van der Waals surface area (Å²) in [5, 5.41) is 5.28. The minimum Gasteiger partial charge on any atom is -0.423 e. The van der Waals surface area contributed by atoms with E-state index in [0.29, 0.717) is 17.4 Å². The maximum Gasteiger partial charge on any atom is 0.336 e. The lowest BCUT2D eigenvalue weighted by atomic mass is 10.1. The summed E-state index contributed by atoms with van der Waals surface area (Å²) >= 11 is 1.51. The van der Waals surface area contributed by atoms with Crippen LogP contribution in [0, 0.1) is 5.82 Å². The van der Waals surface area contributed by atoms with Crippen LogP contribution in [-0.4, -0.2) is 5.91 Å². The third kappa shape index (κ3) is 3.23. The number of nitrogens with one attached hydrogen (secondary N) is 1. The van der Waals surface area contributed by atoms with Crippen molar-refractivity contribution in [1.82, 2.24) is 5.32 Å². The fourth-order valence-corrected chi connectivity index (χ4v) is 2.88. The van der Waals surface area contributed by atoms with Crippen molar-refractivity contribution in [3.63, 3.8) is 0 Å². The lowest BCUT2D eigenvalue weighted by molar-refractivity contribution is -0.120. The minimum absolute atomic E-state index is 0.133. The number of fused-ring (bicyclic) bond motifs is 1. The lowest BCUT2D eigenvalue weighted by Crippen LogP contribution is -2.24. The first-order valence-corrected chi connectivity index (χ1v) is 7.51. The summed E-state index contributed by atoms with van der Waals surface area (Å²) < 4.78 is 18.2. The number of hydrogen-bond acceptors (Lipinski definition) is 4. The van der Waals surface area contributed by atoms with Gasteiger partial charge in [0, 0.05) is 28.9 Å². The monoisotopic (exact) mass is 317 g/mol. The first-order chi connectivity index (χ1) is 10.6. The highest BCUT2D eigenvalue weighted by molar-refractivity contribution is 7.10. The van der Waals surface area contributed by atoms with Crippen LogP contribution in [0.1, 0.15) is 10.4 Å². The standard InChI is InChI=1S/C16H12FNO3S/c17-11-3-4-13-10(6-16(20)21-14(13)7-11)9-18-15(19)8-12-2-1-5-22-12/h1-7H,8-9H2,(H,18,19). The van der Waals surface area contributed by atoms with Crippen LogP contribution < -0.4 is 10.9 Å². The molecule has 0 spiro atoms. The number of thiophene rings is 1. The molecule has 4 nitrogen and oxygen atoms in total. The number of carbonyl (C=O) groups is 1. The number of hydrogen-bond donors (Lipinski definition) is 1. The molecule has 22 heavy (non-hydrogen) atoms. The topological polar surface area (TPSA) is 59.3 Å². The van der Waals surface area contributed by atoms with Crippen LogP contribution in [0.3, 0.4) is 0 Å². The van der Waals surface area contributed by atoms with E-state index >= 15 is 0 Å². The van der Waals surface area contributed by atoms with Gasteiger partial charge in [-0.2, -0.15) is 0 Å². The van der Waals surface area contributed by atoms with Crippen LogP contribution in [0.2, 0.25) is 0 Å². The molecule has 0 aliphatic carbocycles. The highest BCUT2D eigenvalue weighted by atomic mass is 32.1. The van der Waals surface area contributed by atoms with Crippen molar-refractivity contribution in [2.24, 2.45) is 0 Å². The van der Waals surface area contributed by atoms with Crippen LogP contribution in [-0.2, 0) is 17.8 Å². The predicted molar refractivity (Wildman–Crippen MR) is 82.3 cm³/mol.